The van der Waals surface area contributed by atoms with Gasteiger partial charge in [-0.05, 0) is 12.1 Å². The largest absolute Gasteiger partial charge is 0.396 e. The second-order valence-electron chi connectivity index (χ2n) is 5.51. The van der Waals surface area contributed by atoms with Gasteiger partial charge in [-0.25, -0.2) is 13.8 Å². The van der Waals surface area contributed by atoms with Crippen LogP contribution in [-0.2, 0) is 4.79 Å². The van der Waals surface area contributed by atoms with Crippen LogP contribution in [0.3, 0.4) is 0 Å². The lowest BCUT2D eigenvalue weighted by Gasteiger charge is -2.38. The molecular weight excluding hydrogens is 280 g/mol. The minimum absolute atomic E-state index is 0.0943. The second-order valence-corrected chi connectivity index (χ2v) is 5.51. The lowest BCUT2D eigenvalue weighted by molar-refractivity contribution is -0.137. The zero-order valence-corrected chi connectivity index (χ0v) is 12.0. The molecular formula is C13H19F2N5O. The number of anilines is 3. The van der Waals surface area contributed by atoms with Gasteiger partial charge in [-0.15, -0.1) is 0 Å². The number of hydrogen-bond acceptors (Lipinski definition) is 5. The predicted molar refractivity (Wildman–Crippen MR) is 77.0 cm³/mol. The summed E-state index contributed by atoms with van der Waals surface area (Å²) in [6.45, 7) is -0.302. The number of hydrogen-bond donors (Lipinski definition) is 2. The van der Waals surface area contributed by atoms with Gasteiger partial charge in [0.1, 0.15) is 11.6 Å². The number of halogens is 2. The van der Waals surface area contributed by atoms with E-state index in [9.17, 15) is 13.6 Å². The fourth-order valence-electron chi connectivity index (χ4n) is 2.46. The van der Waals surface area contributed by atoms with Crippen molar-refractivity contribution < 1.29 is 13.6 Å². The first-order valence-corrected chi connectivity index (χ1v) is 6.55. The Morgan fingerprint density at radius 1 is 1.43 bits per heavy atom. The number of nitrogens with zero attached hydrogens (tertiary/aromatic N) is 3. The summed E-state index contributed by atoms with van der Waals surface area (Å²) in [5.74, 6) is -3.64. The van der Waals surface area contributed by atoms with E-state index in [4.69, 9.17) is 11.5 Å². The molecule has 6 nitrogen and oxygen atoms in total. The minimum Gasteiger partial charge on any atom is -0.396 e. The number of alkyl halides is 2. The van der Waals surface area contributed by atoms with Gasteiger partial charge in [-0.3, -0.25) is 4.79 Å². The predicted octanol–water partition coefficient (Wildman–Crippen LogP) is 0.796. The highest BCUT2D eigenvalue weighted by molar-refractivity contribution is 5.79. The highest BCUT2D eigenvalue weighted by Crippen LogP contribution is 2.33. The van der Waals surface area contributed by atoms with Crippen molar-refractivity contribution in [1.82, 2.24) is 9.88 Å². The molecule has 1 fully saturated rings. The third-order valence-electron chi connectivity index (χ3n) is 3.46. The first kappa shape index (κ1) is 15.3. The van der Waals surface area contributed by atoms with Crippen LogP contribution in [0, 0.1) is 5.92 Å². The van der Waals surface area contributed by atoms with Gasteiger partial charge in [0.25, 0.3) is 5.92 Å². The van der Waals surface area contributed by atoms with E-state index in [1.54, 1.807) is 14.1 Å². The molecule has 21 heavy (non-hydrogen) atoms. The zero-order valence-electron chi connectivity index (χ0n) is 12.0. The second kappa shape index (κ2) is 5.34. The number of nitrogen functional groups attached to an aromatic ring is 2. The van der Waals surface area contributed by atoms with E-state index < -0.39 is 24.8 Å². The molecule has 0 spiro atoms. The molecule has 1 aromatic rings. The molecule has 1 aromatic heterocycles. The van der Waals surface area contributed by atoms with E-state index in [-0.39, 0.29) is 18.3 Å². The maximum atomic E-state index is 13.9. The first-order chi connectivity index (χ1) is 9.69. The Morgan fingerprint density at radius 3 is 2.67 bits per heavy atom. The van der Waals surface area contributed by atoms with Crippen LogP contribution < -0.4 is 16.4 Å². The number of aromatic nitrogens is 1. The van der Waals surface area contributed by atoms with Crippen LogP contribution in [0.1, 0.15) is 6.42 Å². The molecule has 0 aliphatic carbocycles. The molecule has 116 valence electrons. The van der Waals surface area contributed by atoms with Crippen LogP contribution in [0.2, 0.25) is 0 Å². The number of piperidine rings is 1. The number of nitrogens with two attached hydrogens (primary N) is 2. The van der Waals surface area contributed by atoms with Crippen molar-refractivity contribution in [2.75, 3.05) is 43.6 Å². The summed E-state index contributed by atoms with van der Waals surface area (Å²) in [6.07, 6.45) is -0.453. The number of carbonyl (C=O) groups excluding carboxylic acids is 1. The number of rotatable bonds is 2. The molecule has 1 aliphatic heterocycles. The Kier molecular flexibility index (Phi) is 3.89. The molecule has 1 saturated heterocycles. The van der Waals surface area contributed by atoms with Gasteiger partial charge in [0.2, 0.25) is 5.91 Å². The van der Waals surface area contributed by atoms with E-state index >= 15 is 0 Å². The lowest BCUT2D eigenvalue weighted by atomic mass is 9.94. The Balaban J connectivity index is 2.26. The molecule has 2 heterocycles. The monoisotopic (exact) mass is 299 g/mol. The van der Waals surface area contributed by atoms with Crippen molar-refractivity contribution in [3.05, 3.63) is 12.1 Å². The molecule has 0 saturated carbocycles. The number of carbonyl (C=O) groups is 1. The molecule has 1 unspecified atom stereocenters. The SMILES string of the molecule is CN(C)C(=O)C1CN(c2ccc(N)c(N)n2)CC(F)(F)C1. The van der Waals surface area contributed by atoms with Crippen molar-refractivity contribution >= 4 is 23.2 Å². The fraction of sp³-hybridized carbons (Fsp3) is 0.538. The maximum absolute atomic E-state index is 13.9. The number of amides is 1. The third-order valence-corrected chi connectivity index (χ3v) is 3.46. The average molecular weight is 299 g/mol. The van der Waals surface area contributed by atoms with Crippen molar-refractivity contribution in [2.45, 2.75) is 12.3 Å². The molecule has 2 rings (SSSR count). The van der Waals surface area contributed by atoms with Crippen molar-refractivity contribution in [1.29, 1.82) is 0 Å². The van der Waals surface area contributed by atoms with Gasteiger partial charge < -0.3 is 21.3 Å². The Bertz CT molecular complexity index is 549. The summed E-state index contributed by atoms with van der Waals surface area (Å²) in [6, 6.07) is 3.05. The van der Waals surface area contributed by atoms with Gasteiger partial charge in [-0.1, -0.05) is 0 Å². The minimum atomic E-state index is -2.95. The number of pyridine rings is 1. The molecule has 0 radical (unpaired) electrons. The molecule has 1 amide bonds. The van der Waals surface area contributed by atoms with E-state index in [0.717, 1.165) is 0 Å². The standard InChI is InChI=1S/C13H19F2N5O/c1-19(2)12(21)8-5-13(14,15)7-20(6-8)10-4-3-9(16)11(17)18-10/h3-4,8H,5-7,16H2,1-2H3,(H2,17,18). The van der Waals surface area contributed by atoms with Crippen LogP contribution in [0.4, 0.5) is 26.1 Å². The molecule has 1 atom stereocenters. The van der Waals surface area contributed by atoms with E-state index in [2.05, 4.69) is 4.98 Å². The third kappa shape index (κ3) is 3.32. The molecule has 4 N–H and O–H groups in total. The maximum Gasteiger partial charge on any atom is 0.266 e. The Hall–Kier alpha value is -2.12. The van der Waals surface area contributed by atoms with Crippen LogP contribution in [0.15, 0.2) is 12.1 Å². The highest BCUT2D eigenvalue weighted by Gasteiger charge is 2.43. The normalized spacial score (nSPS) is 21.1. The van der Waals surface area contributed by atoms with Crippen LogP contribution in [0.5, 0.6) is 0 Å². The van der Waals surface area contributed by atoms with Crippen LogP contribution in [0.25, 0.3) is 0 Å². The lowest BCUT2D eigenvalue weighted by Crippen LogP contribution is -2.51. The van der Waals surface area contributed by atoms with E-state index in [1.807, 2.05) is 0 Å². The Morgan fingerprint density at radius 2 is 2.10 bits per heavy atom. The highest BCUT2D eigenvalue weighted by atomic mass is 19.3. The first-order valence-electron chi connectivity index (χ1n) is 6.55. The van der Waals surface area contributed by atoms with Crippen LogP contribution in [-0.4, -0.2) is 48.9 Å². The van der Waals surface area contributed by atoms with Gasteiger partial charge in [0, 0.05) is 27.1 Å². The van der Waals surface area contributed by atoms with Gasteiger partial charge in [0.15, 0.2) is 0 Å². The molecule has 0 aromatic carbocycles. The van der Waals surface area contributed by atoms with Crippen molar-refractivity contribution in [3.63, 3.8) is 0 Å². The van der Waals surface area contributed by atoms with Gasteiger partial charge in [0.05, 0.1) is 18.2 Å². The van der Waals surface area contributed by atoms with Crippen molar-refractivity contribution in [2.24, 2.45) is 5.92 Å². The molecule has 0 bridgehead atoms. The Labute approximate surface area is 121 Å². The average Bonchev–Trinajstić information content (AvgIpc) is 2.39. The quantitative estimate of drug-likeness (QED) is 0.843. The summed E-state index contributed by atoms with van der Waals surface area (Å²) in [5, 5.41) is 0. The summed E-state index contributed by atoms with van der Waals surface area (Å²) in [7, 11) is 3.11. The smallest absolute Gasteiger partial charge is 0.266 e. The van der Waals surface area contributed by atoms with E-state index in [1.165, 1.54) is 21.9 Å². The fourth-order valence-corrected chi connectivity index (χ4v) is 2.46. The summed E-state index contributed by atoms with van der Waals surface area (Å²) in [5.41, 5.74) is 11.5. The van der Waals surface area contributed by atoms with Crippen molar-refractivity contribution in [3.8, 4) is 0 Å². The van der Waals surface area contributed by atoms with Gasteiger partial charge in [-0.2, -0.15) is 0 Å². The molecule has 8 heteroatoms. The van der Waals surface area contributed by atoms with E-state index in [0.29, 0.717) is 11.5 Å². The van der Waals surface area contributed by atoms with Crippen LogP contribution >= 0.6 is 0 Å². The molecule has 1 aliphatic rings. The topological polar surface area (TPSA) is 88.5 Å². The summed E-state index contributed by atoms with van der Waals surface area (Å²) < 4.78 is 27.8. The zero-order chi connectivity index (χ0) is 15.8. The summed E-state index contributed by atoms with van der Waals surface area (Å²) in [4.78, 5) is 18.7. The van der Waals surface area contributed by atoms with Gasteiger partial charge >= 0.3 is 0 Å². The summed E-state index contributed by atoms with van der Waals surface area (Å²) >= 11 is 0.